The molecule has 1 aromatic carbocycles. The van der Waals surface area contributed by atoms with Crippen molar-refractivity contribution in [3.63, 3.8) is 0 Å². The summed E-state index contributed by atoms with van der Waals surface area (Å²) in [4.78, 5) is 23.3. The van der Waals surface area contributed by atoms with Crippen LogP contribution in [0.15, 0.2) is 24.3 Å². The molecule has 0 atom stereocenters. The molecule has 0 unspecified atom stereocenters. The third-order valence-corrected chi connectivity index (χ3v) is 3.94. The van der Waals surface area contributed by atoms with E-state index in [9.17, 15) is 14.7 Å². The lowest BCUT2D eigenvalue weighted by Gasteiger charge is -2.37. The molecule has 1 aromatic rings. The first-order valence-electron chi connectivity index (χ1n) is 7.32. The number of hydrogen-bond acceptors (Lipinski definition) is 3. The highest BCUT2D eigenvalue weighted by Crippen LogP contribution is 2.40. The van der Waals surface area contributed by atoms with Gasteiger partial charge in [0, 0.05) is 12.1 Å². The average molecular weight is 291 g/mol. The van der Waals surface area contributed by atoms with E-state index < -0.39 is 11.4 Å². The van der Waals surface area contributed by atoms with Crippen LogP contribution in [0.3, 0.4) is 0 Å². The van der Waals surface area contributed by atoms with Crippen molar-refractivity contribution in [3.8, 4) is 5.75 Å². The zero-order chi connectivity index (χ0) is 15.3. The number of amides is 1. The minimum Gasteiger partial charge on any atom is -0.494 e. The zero-order valence-corrected chi connectivity index (χ0v) is 12.2. The third-order valence-electron chi connectivity index (χ3n) is 3.94. The van der Waals surface area contributed by atoms with Crippen LogP contribution in [0.1, 0.15) is 43.0 Å². The number of carboxylic acid groups (broad SMARTS) is 1. The van der Waals surface area contributed by atoms with E-state index in [-0.39, 0.29) is 12.5 Å². The van der Waals surface area contributed by atoms with E-state index in [4.69, 9.17) is 4.74 Å². The Labute approximate surface area is 124 Å². The maximum absolute atomic E-state index is 12.0. The number of carbonyl (C=O) groups is 2. The predicted molar refractivity (Wildman–Crippen MR) is 78.5 cm³/mol. The molecule has 1 aliphatic rings. The van der Waals surface area contributed by atoms with Gasteiger partial charge >= 0.3 is 5.97 Å². The maximum atomic E-state index is 12.0. The summed E-state index contributed by atoms with van der Waals surface area (Å²) in [5.41, 5.74) is -0.251. The molecule has 5 heteroatoms. The van der Waals surface area contributed by atoms with Crippen LogP contribution in [0.25, 0.3) is 0 Å². The Kier molecular flexibility index (Phi) is 4.83. The molecule has 0 radical (unpaired) electrons. The fraction of sp³-hybridized carbons (Fsp3) is 0.500. The Morgan fingerprint density at radius 3 is 2.43 bits per heavy atom. The molecule has 21 heavy (non-hydrogen) atoms. The molecule has 0 bridgehead atoms. The van der Waals surface area contributed by atoms with Crippen LogP contribution in [0.4, 0.5) is 0 Å². The molecule has 1 amide bonds. The number of nitrogens with one attached hydrogen (secondary N) is 1. The molecule has 0 aromatic heterocycles. The van der Waals surface area contributed by atoms with Gasteiger partial charge in [0.05, 0.1) is 12.0 Å². The van der Waals surface area contributed by atoms with Crippen molar-refractivity contribution in [2.24, 2.45) is 5.41 Å². The van der Waals surface area contributed by atoms with Crippen molar-refractivity contribution in [3.05, 3.63) is 29.8 Å². The molecule has 0 spiro atoms. The summed E-state index contributed by atoms with van der Waals surface area (Å²) in [5, 5.41) is 11.9. The van der Waals surface area contributed by atoms with Crippen molar-refractivity contribution < 1.29 is 19.4 Å². The normalized spacial score (nSPS) is 15.9. The minimum absolute atomic E-state index is 0.190. The maximum Gasteiger partial charge on any atom is 0.311 e. The highest BCUT2D eigenvalue weighted by molar-refractivity contribution is 5.94. The first-order chi connectivity index (χ1) is 10.1. The van der Waals surface area contributed by atoms with Crippen LogP contribution in [0, 0.1) is 5.41 Å². The smallest absolute Gasteiger partial charge is 0.311 e. The van der Waals surface area contributed by atoms with Crippen LogP contribution in [0.2, 0.25) is 0 Å². The second-order valence-electron chi connectivity index (χ2n) is 5.49. The standard InChI is InChI=1S/C16H21NO4/c1-2-10-21-13-6-4-12(5-7-13)14(18)17-11-16(15(19)20)8-3-9-16/h4-7H,2-3,8-11H2,1H3,(H,17,18)(H,19,20). The monoisotopic (exact) mass is 291 g/mol. The highest BCUT2D eigenvalue weighted by atomic mass is 16.5. The Balaban J connectivity index is 1.90. The van der Waals surface area contributed by atoms with Crippen LogP contribution in [-0.4, -0.2) is 30.1 Å². The molecular formula is C16H21NO4. The van der Waals surface area contributed by atoms with E-state index in [1.807, 2.05) is 6.92 Å². The number of aliphatic carboxylic acids is 1. The second kappa shape index (κ2) is 6.61. The molecule has 0 heterocycles. The van der Waals surface area contributed by atoms with Gasteiger partial charge in [-0.3, -0.25) is 9.59 Å². The first kappa shape index (κ1) is 15.4. The van der Waals surface area contributed by atoms with Gasteiger partial charge in [0.25, 0.3) is 5.91 Å². The summed E-state index contributed by atoms with van der Waals surface area (Å²) >= 11 is 0. The Hall–Kier alpha value is -2.04. The molecule has 0 aliphatic heterocycles. The van der Waals surface area contributed by atoms with E-state index in [1.54, 1.807) is 24.3 Å². The number of carbonyl (C=O) groups excluding carboxylic acids is 1. The largest absolute Gasteiger partial charge is 0.494 e. The van der Waals surface area contributed by atoms with Gasteiger partial charge in [0.15, 0.2) is 0 Å². The molecule has 114 valence electrons. The fourth-order valence-corrected chi connectivity index (χ4v) is 2.34. The van der Waals surface area contributed by atoms with Gasteiger partial charge in [-0.25, -0.2) is 0 Å². The Bertz CT molecular complexity index is 506. The van der Waals surface area contributed by atoms with Gasteiger partial charge in [-0.05, 0) is 43.5 Å². The first-order valence-corrected chi connectivity index (χ1v) is 7.32. The highest BCUT2D eigenvalue weighted by Gasteiger charge is 2.44. The molecule has 2 N–H and O–H groups in total. The lowest BCUT2D eigenvalue weighted by atomic mass is 9.69. The van der Waals surface area contributed by atoms with Gasteiger partial charge in [-0.15, -0.1) is 0 Å². The third kappa shape index (κ3) is 3.54. The van der Waals surface area contributed by atoms with E-state index in [0.29, 0.717) is 25.0 Å². The Morgan fingerprint density at radius 2 is 1.95 bits per heavy atom. The van der Waals surface area contributed by atoms with E-state index >= 15 is 0 Å². The summed E-state index contributed by atoms with van der Waals surface area (Å²) in [7, 11) is 0. The number of benzene rings is 1. The summed E-state index contributed by atoms with van der Waals surface area (Å²) in [6, 6.07) is 6.88. The van der Waals surface area contributed by atoms with Crippen molar-refractivity contribution in [2.75, 3.05) is 13.2 Å². The quantitative estimate of drug-likeness (QED) is 0.809. The number of ether oxygens (including phenoxy) is 1. The molecule has 0 saturated heterocycles. The summed E-state index contributed by atoms with van der Waals surface area (Å²) < 4.78 is 5.45. The number of hydrogen-bond donors (Lipinski definition) is 2. The van der Waals surface area contributed by atoms with Gasteiger partial charge in [-0.2, -0.15) is 0 Å². The van der Waals surface area contributed by atoms with Crippen molar-refractivity contribution in [1.82, 2.24) is 5.32 Å². The fourth-order valence-electron chi connectivity index (χ4n) is 2.34. The van der Waals surface area contributed by atoms with E-state index in [1.165, 1.54) is 0 Å². The molecule has 1 fully saturated rings. The SMILES string of the molecule is CCCOc1ccc(C(=O)NCC2(C(=O)O)CCC2)cc1. The van der Waals surface area contributed by atoms with Crippen molar-refractivity contribution in [1.29, 1.82) is 0 Å². The molecule has 5 nitrogen and oxygen atoms in total. The molecule has 1 saturated carbocycles. The molecular weight excluding hydrogens is 270 g/mol. The predicted octanol–water partition coefficient (Wildman–Crippen LogP) is 2.46. The van der Waals surface area contributed by atoms with Crippen molar-refractivity contribution in [2.45, 2.75) is 32.6 Å². The van der Waals surface area contributed by atoms with Crippen LogP contribution >= 0.6 is 0 Å². The Morgan fingerprint density at radius 1 is 1.29 bits per heavy atom. The van der Waals surface area contributed by atoms with E-state index in [2.05, 4.69) is 5.32 Å². The average Bonchev–Trinajstić information content (AvgIpc) is 2.44. The molecule has 1 aliphatic carbocycles. The van der Waals surface area contributed by atoms with Gasteiger partial charge in [0.2, 0.25) is 0 Å². The van der Waals surface area contributed by atoms with Crippen LogP contribution < -0.4 is 10.1 Å². The zero-order valence-electron chi connectivity index (χ0n) is 12.2. The summed E-state index contributed by atoms with van der Waals surface area (Å²) in [5.74, 6) is -0.337. The summed E-state index contributed by atoms with van der Waals surface area (Å²) in [6.07, 6.45) is 3.10. The minimum atomic E-state index is -0.822. The van der Waals surface area contributed by atoms with Crippen molar-refractivity contribution >= 4 is 11.9 Å². The number of carboxylic acids is 1. The number of rotatable bonds is 7. The van der Waals surface area contributed by atoms with Gasteiger partial charge < -0.3 is 15.2 Å². The second-order valence-corrected chi connectivity index (χ2v) is 5.49. The molecule has 2 rings (SSSR count). The lowest BCUT2D eigenvalue weighted by Crippen LogP contribution is -2.47. The van der Waals surface area contributed by atoms with E-state index in [0.717, 1.165) is 18.6 Å². The summed E-state index contributed by atoms with van der Waals surface area (Å²) in [6.45, 7) is 2.86. The topological polar surface area (TPSA) is 75.6 Å². The lowest BCUT2D eigenvalue weighted by molar-refractivity contribution is -0.153. The van der Waals surface area contributed by atoms with Gasteiger partial charge in [0.1, 0.15) is 5.75 Å². The van der Waals surface area contributed by atoms with Gasteiger partial charge in [-0.1, -0.05) is 13.3 Å². The van der Waals surface area contributed by atoms with Crippen LogP contribution in [-0.2, 0) is 4.79 Å². The van der Waals surface area contributed by atoms with Crippen LogP contribution in [0.5, 0.6) is 5.75 Å².